The first kappa shape index (κ1) is 11.3. The second-order valence-corrected chi connectivity index (χ2v) is 4.93. The summed E-state index contributed by atoms with van der Waals surface area (Å²) in [5.74, 6) is 0.873. The first-order chi connectivity index (χ1) is 6.72. The van der Waals surface area contributed by atoms with Crippen molar-refractivity contribution in [3.05, 3.63) is 12.4 Å². The van der Waals surface area contributed by atoms with Crippen LogP contribution in [-0.2, 0) is 0 Å². The number of thioether (sulfide) groups is 1. The Balaban J connectivity index is 2.59. The van der Waals surface area contributed by atoms with E-state index in [9.17, 15) is 0 Å². The Morgan fingerprint density at radius 3 is 2.86 bits per heavy atom. The summed E-state index contributed by atoms with van der Waals surface area (Å²) < 4.78 is 0. The van der Waals surface area contributed by atoms with Crippen molar-refractivity contribution in [2.24, 2.45) is 0 Å². The average Bonchev–Trinajstić information content (AvgIpc) is 2.14. The van der Waals surface area contributed by atoms with Crippen molar-refractivity contribution >= 4 is 17.6 Å². The molecule has 0 aliphatic rings. The highest BCUT2D eigenvalue weighted by Gasteiger charge is 2.01. The summed E-state index contributed by atoms with van der Waals surface area (Å²) in [6.07, 6.45) is 4.67. The van der Waals surface area contributed by atoms with Crippen molar-refractivity contribution in [3.8, 4) is 0 Å². The first-order valence-corrected chi connectivity index (χ1v) is 5.83. The van der Waals surface area contributed by atoms with Crippen LogP contribution in [0, 0.1) is 0 Å². The second kappa shape index (κ2) is 5.86. The minimum atomic E-state index is 0.547. The largest absolute Gasteiger partial charge is 0.369 e. The Kier molecular flexibility index (Phi) is 4.73. The van der Waals surface area contributed by atoms with Gasteiger partial charge in [-0.05, 0) is 6.42 Å². The van der Waals surface area contributed by atoms with Gasteiger partial charge in [-0.25, -0.2) is 4.98 Å². The molecule has 0 spiro atoms. The molecule has 0 aliphatic heterocycles. The van der Waals surface area contributed by atoms with E-state index in [0.717, 1.165) is 23.8 Å². The molecule has 0 bridgehead atoms. The molecule has 1 aromatic heterocycles. The third kappa shape index (κ3) is 3.96. The van der Waals surface area contributed by atoms with Gasteiger partial charge in [0.25, 0.3) is 0 Å². The van der Waals surface area contributed by atoms with Gasteiger partial charge in [0.05, 0.1) is 12.4 Å². The molecule has 0 saturated heterocycles. The molecule has 0 aliphatic carbocycles. The van der Waals surface area contributed by atoms with E-state index >= 15 is 0 Å². The van der Waals surface area contributed by atoms with E-state index in [-0.39, 0.29) is 0 Å². The van der Waals surface area contributed by atoms with Crippen LogP contribution in [0.15, 0.2) is 17.4 Å². The van der Waals surface area contributed by atoms with E-state index in [2.05, 4.69) is 36.1 Å². The fourth-order valence-electron chi connectivity index (χ4n) is 0.985. The summed E-state index contributed by atoms with van der Waals surface area (Å²) in [4.78, 5) is 8.58. The van der Waals surface area contributed by atoms with Crippen LogP contribution in [0.1, 0.15) is 27.2 Å². The molecule has 1 aromatic rings. The average molecular weight is 211 g/mol. The molecule has 0 unspecified atom stereocenters. The first-order valence-electron chi connectivity index (χ1n) is 4.95. The summed E-state index contributed by atoms with van der Waals surface area (Å²) in [7, 11) is 0. The number of hydrogen-bond acceptors (Lipinski definition) is 4. The molecule has 0 fully saturated rings. The molecule has 0 amide bonds. The predicted molar refractivity (Wildman–Crippen MR) is 61.8 cm³/mol. The molecular weight excluding hydrogens is 194 g/mol. The van der Waals surface area contributed by atoms with Crippen LogP contribution in [0.25, 0.3) is 0 Å². The summed E-state index contributed by atoms with van der Waals surface area (Å²) >= 11 is 1.73. The van der Waals surface area contributed by atoms with Gasteiger partial charge in [-0.1, -0.05) is 20.8 Å². The molecule has 1 N–H and O–H groups in total. The standard InChI is InChI=1S/C10H17N3S/c1-4-5-12-9-6-11-7-10(13-9)14-8(2)3/h6-8H,4-5H2,1-3H3,(H,12,13). The van der Waals surface area contributed by atoms with Gasteiger partial charge in [0.15, 0.2) is 0 Å². The highest BCUT2D eigenvalue weighted by atomic mass is 32.2. The van der Waals surface area contributed by atoms with Crippen LogP contribution in [0.4, 0.5) is 5.82 Å². The van der Waals surface area contributed by atoms with Crippen molar-refractivity contribution in [2.45, 2.75) is 37.5 Å². The van der Waals surface area contributed by atoms with E-state index < -0.39 is 0 Å². The lowest BCUT2D eigenvalue weighted by atomic mass is 10.5. The lowest BCUT2D eigenvalue weighted by Crippen LogP contribution is -2.03. The van der Waals surface area contributed by atoms with Gasteiger partial charge in [-0.15, -0.1) is 11.8 Å². The van der Waals surface area contributed by atoms with E-state index in [4.69, 9.17) is 0 Å². The number of aromatic nitrogens is 2. The van der Waals surface area contributed by atoms with E-state index in [0.29, 0.717) is 5.25 Å². The van der Waals surface area contributed by atoms with Crippen molar-refractivity contribution in [1.82, 2.24) is 9.97 Å². The smallest absolute Gasteiger partial charge is 0.145 e. The Labute approximate surface area is 89.7 Å². The maximum absolute atomic E-state index is 4.44. The lowest BCUT2D eigenvalue weighted by Gasteiger charge is -2.06. The van der Waals surface area contributed by atoms with Crippen LogP contribution in [0.5, 0.6) is 0 Å². The maximum Gasteiger partial charge on any atom is 0.145 e. The predicted octanol–water partition coefficient (Wildman–Crippen LogP) is 2.80. The normalized spacial score (nSPS) is 10.6. The number of anilines is 1. The SMILES string of the molecule is CCCNc1cncc(SC(C)C)n1. The zero-order chi connectivity index (χ0) is 10.4. The van der Waals surface area contributed by atoms with Crippen molar-refractivity contribution < 1.29 is 0 Å². The molecular formula is C10H17N3S. The van der Waals surface area contributed by atoms with Crippen LogP contribution in [0.3, 0.4) is 0 Å². The van der Waals surface area contributed by atoms with Gasteiger partial charge in [-0.3, -0.25) is 4.98 Å². The van der Waals surface area contributed by atoms with E-state index in [1.165, 1.54) is 0 Å². The van der Waals surface area contributed by atoms with Gasteiger partial charge in [0.1, 0.15) is 10.8 Å². The summed E-state index contributed by atoms with van der Waals surface area (Å²) in [5, 5.41) is 4.76. The van der Waals surface area contributed by atoms with Crippen molar-refractivity contribution in [1.29, 1.82) is 0 Å². The quantitative estimate of drug-likeness (QED) is 0.760. The van der Waals surface area contributed by atoms with Crippen LogP contribution >= 0.6 is 11.8 Å². The summed E-state index contributed by atoms with van der Waals surface area (Å²) in [6.45, 7) is 7.38. The number of nitrogens with one attached hydrogen (secondary N) is 1. The third-order valence-corrected chi connectivity index (χ3v) is 2.43. The Morgan fingerprint density at radius 2 is 2.21 bits per heavy atom. The van der Waals surface area contributed by atoms with Gasteiger partial charge >= 0.3 is 0 Å². The summed E-state index contributed by atoms with van der Waals surface area (Å²) in [6, 6.07) is 0. The topological polar surface area (TPSA) is 37.8 Å². The van der Waals surface area contributed by atoms with Gasteiger partial charge in [-0.2, -0.15) is 0 Å². The van der Waals surface area contributed by atoms with Crippen LogP contribution in [0.2, 0.25) is 0 Å². The highest BCUT2D eigenvalue weighted by Crippen LogP contribution is 2.20. The number of rotatable bonds is 5. The molecule has 0 saturated carbocycles. The summed E-state index contributed by atoms with van der Waals surface area (Å²) in [5.41, 5.74) is 0. The molecule has 14 heavy (non-hydrogen) atoms. The van der Waals surface area contributed by atoms with Gasteiger partial charge in [0, 0.05) is 11.8 Å². The highest BCUT2D eigenvalue weighted by molar-refractivity contribution is 7.99. The van der Waals surface area contributed by atoms with Gasteiger partial charge < -0.3 is 5.32 Å². The monoisotopic (exact) mass is 211 g/mol. The Bertz CT molecular complexity index is 276. The molecule has 0 atom stereocenters. The minimum absolute atomic E-state index is 0.547. The van der Waals surface area contributed by atoms with Gasteiger partial charge in [0.2, 0.25) is 0 Å². The fourth-order valence-corrected chi connectivity index (χ4v) is 1.74. The zero-order valence-electron chi connectivity index (χ0n) is 8.95. The molecule has 4 heteroatoms. The number of hydrogen-bond donors (Lipinski definition) is 1. The number of nitrogens with zero attached hydrogens (tertiary/aromatic N) is 2. The Morgan fingerprint density at radius 1 is 1.43 bits per heavy atom. The van der Waals surface area contributed by atoms with Crippen molar-refractivity contribution in [2.75, 3.05) is 11.9 Å². The molecule has 1 heterocycles. The molecule has 78 valence electrons. The van der Waals surface area contributed by atoms with Crippen LogP contribution in [-0.4, -0.2) is 21.8 Å². The van der Waals surface area contributed by atoms with Crippen molar-refractivity contribution in [3.63, 3.8) is 0 Å². The zero-order valence-corrected chi connectivity index (χ0v) is 9.77. The fraction of sp³-hybridized carbons (Fsp3) is 0.600. The lowest BCUT2D eigenvalue weighted by molar-refractivity contribution is 0.946. The molecule has 0 aromatic carbocycles. The Hall–Kier alpha value is -0.770. The maximum atomic E-state index is 4.44. The molecule has 3 nitrogen and oxygen atoms in total. The third-order valence-electron chi connectivity index (χ3n) is 1.53. The molecule has 1 rings (SSSR count). The molecule has 0 radical (unpaired) electrons. The van der Waals surface area contributed by atoms with E-state index in [1.54, 1.807) is 18.0 Å². The minimum Gasteiger partial charge on any atom is -0.369 e. The van der Waals surface area contributed by atoms with E-state index in [1.807, 2.05) is 6.20 Å². The second-order valence-electron chi connectivity index (χ2n) is 3.34. The van der Waals surface area contributed by atoms with Crippen LogP contribution < -0.4 is 5.32 Å².